The van der Waals surface area contributed by atoms with Gasteiger partial charge in [0.15, 0.2) is 0 Å². The van der Waals surface area contributed by atoms with Gasteiger partial charge in [-0.25, -0.2) is 9.78 Å². The fraction of sp³-hybridized carbons (Fsp3) is 0.154. The molecular weight excluding hydrogens is 264 g/mol. The summed E-state index contributed by atoms with van der Waals surface area (Å²) in [6.07, 6.45) is 1.44. The van der Waals surface area contributed by atoms with E-state index in [-0.39, 0.29) is 17.3 Å². The number of carboxylic acids is 1. The molecule has 5 nitrogen and oxygen atoms in total. The zero-order chi connectivity index (χ0) is 14.0. The number of rotatable bonds is 3. The predicted octanol–water partition coefficient (Wildman–Crippen LogP) is 2.71. The lowest BCUT2D eigenvalue weighted by molar-refractivity contribution is 0.0697. The molecule has 2 heterocycles. The second kappa shape index (κ2) is 5.19. The predicted molar refractivity (Wildman–Crippen MR) is 72.9 cm³/mol. The number of nitrogens with zero attached hydrogens (tertiary/aromatic N) is 1. The summed E-state index contributed by atoms with van der Waals surface area (Å²) in [7, 11) is 0. The molecule has 6 heteroatoms. The van der Waals surface area contributed by atoms with E-state index in [0.717, 1.165) is 10.4 Å². The molecule has 0 aliphatic rings. The molecule has 0 saturated carbocycles. The van der Waals surface area contributed by atoms with Crippen LogP contribution in [0.3, 0.4) is 0 Å². The van der Waals surface area contributed by atoms with Crippen LogP contribution in [0.15, 0.2) is 24.4 Å². The second-order valence-corrected chi connectivity index (χ2v) is 5.27. The summed E-state index contributed by atoms with van der Waals surface area (Å²) < 4.78 is 0. The smallest absolute Gasteiger partial charge is 0.339 e. The Hall–Kier alpha value is -2.21. The molecule has 0 saturated heterocycles. The number of carbonyl (C=O) groups is 2. The number of aromatic carboxylic acids is 1. The van der Waals surface area contributed by atoms with E-state index in [1.54, 1.807) is 6.07 Å². The first-order valence-corrected chi connectivity index (χ1v) is 6.37. The summed E-state index contributed by atoms with van der Waals surface area (Å²) >= 11 is 1.37. The molecule has 98 valence electrons. The fourth-order valence-corrected chi connectivity index (χ4v) is 2.46. The van der Waals surface area contributed by atoms with E-state index < -0.39 is 5.97 Å². The Morgan fingerprint density at radius 2 is 2.11 bits per heavy atom. The molecule has 0 atom stereocenters. The number of hydrogen-bond donors (Lipinski definition) is 2. The van der Waals surface area contributed by atoms with E-state index in [2.05, 4.69) is 10.3 Å². The van der Waals surface area contributed by atoms with Crippen molar-refractivity contribution in [1.29, 1.82) is 0 Å². The Kier molecular flexibility index (Phi) is 3.62. The largest absolute Gasteiger partial charge is 0.478 e. The first kappa shape index (κ1) is 13.2. The highest BCUT2D eigenvalue weighted by Crippen LogP contribution is 2.22. The molecule has 0 aliphatic heterocycles. The molecule has 2 N–H and O–H groups in total. The van der Waals surface area contributed by atoms with Crippen molar-refractivity contribution in [3.8, 4) is 0 Å². The van der Waals surface area contributed by atoms with Crippen molar-refractivity contribution in [2.45, 2.75) is 13.8 Å². The molecule has 1 amide bonds. The number of nitrogens with one attached hydrogen (secondary N) is 1. The number of aromatic nitrogens is 1. The van der Waals surface area contributed by atoms with E-state index in [4.69, 9.17) is 5.11 Å². The molecule has 0 radical (unpaired) electrons. The van der Waals surface area contributed by atoms with Crippen LogP contribution in [0.5, 0.6) is 0 Å². The third kappa shape index (κ3) is 2.79. The molecule has 0 spiro atoms. The van der Waals surface area contributed by atoms with Gasteiger partial charge in [-0.3, -0.25) is 4.79 Å². The number of thiophene rings is 1. The second-order valence-electron chi connectivity index (χ2n) is 4.01. The van der Waals surface area contributed by atoms with E-state index in [9.17, 15) is 9.59 Å². The average Bonchev–Trinajstić information content (AvgIpc) is 2.70. The van der Waals surface area contributed by atoms with Gasteiger partial charge in [0.05, 0.1) is 4.88 Å². The van der Waals surface area contributed by atoms with Gasteiger partial charge in [0.25, 0.3) is 5.91 Å². The Labute approximate surface area is 113 Å². The van der Waals surface area contributed by atoms with Crippen LogP contribution in [0.4, 0.5) is 5.82 Å². The monoisotopic (exact) mass is 276 g/mol. The van der Waals surface area contributed by atoms with Crippen molar-refractivity contribution in [3.63, 3.8) is 0 Å². The summed E-state index contributed by atoms with van der Waals surface area (Å²) in [6, 6.07) is 4.69. The zero-order valence-corrected chi connectivity index (χ0v) is 11.2. The molecule has 2 aromatic rings. The molecule has 19 heavy (non-hydrogen) atoms. The number of amides is 1. The minimum absolute atomic E-state index is 0.0270. The van der Waals surface area contributed by atoms with E-state index >= 15 is 0 Å². The first-order chi connectivity index (χ1) is 8.99. The number of hydrogen-bond acceptors (Lipinski definition) is 4. The highest BCUT2D eigenvalue weighted by Gasteiger charge is 2.16. The van der Waals surface area contributed by atoms with E-state index in [1.165, 1.54) is 29.7 Å². The quantitative estimate of drug-likeness (QED) is 0.903. The highest BCUT2D eigenvalue weighted by molar-refractivity contribution is 7.14. The summed E-state index contributed by atoms with van der Waals surface area (Å²) in [5.41, 5.74) is 1.01. The number of carboxylic acid groups (broad SMARTS) is 1. The summed E-state index contributed by atoms with van der Waals surface area (Å²) in [5, 5.41) is 11.5. The van der Waals surface area contributed by atoms with Gasteiger partial charge in [0, 0.05) is 11.1 Å². The molecule has 2 rings (SSSR count). The summed E-state index contributed by atoms with van der Waals surface area (Å²) in [4.78, 5) is 28.5. The molecule has 0 unspecified atom stereocenters. The van der Waals surface area contributed by atoms with E-state index in [0.29, 0.717) is 4.88 Å². The average molecular weight is 276 g/mol. The summed E-state index contributed by atoms with van der Waals surface area (Å²) in [6.45, 7) is 3.85. The van der Waals surface area contributed by atoms with Crippen molar-refractivity contribution in [2.75, 3.05) is 5.32 Å². The number of pyridine rings is 1. The number of anilines is 1. The highest BCUT2D eigenvalue weighted by atomic mass is 32.1. The maximum Gasteiger partial charge on any atom is 0.339 e. The minimum atomic E-state index is -1.12. The Bertz CT molecular complexity index is 630. The van der Waals surface area contributed by atoms with Crippen molar-refractivity contribution >= 4 is 29.0 Å². The lowest BCUT2D eigenvalue weighted by atomic mass is 10.2. The normalized spacial score (nSPS) is 10.2. The van der Waals surface area contributed by atoms with Gasteiger partial charge in [-0.15, -0.1) is 11.3 Å². The molecule has 0 bridgehead atoms. The number of aryl methyl sites for hydroxylation is 2. The zero-order valence-electron chi connectivity index (χ0n) is 10.4. The van der Waals surface area contributed by atoms with Crippen molar-refractivity contribution in [3.05, 3.63) is 45.3 Å². The van der Waals surface area contributed by atoms with Crippen molar-refractivity contribution in [1.82, 2.24) is 4.98 Å². The van der Waals surface area contributed by atoms with Gasteiger partial charge in [-0.2, -0.15) is 0 Å². The van der Waals surface area contributed by atoms with Gasteiger partial charge < -0.3 is 10.4 Å². The maximum absolute atomic E-state index is 12.0. The van der Waals surface area contributed by atoms with Crippen LogP contribution in [0, 0.1) is 13.8 Å². The standard InChI is InChI=1S/C13H12N2O3S/c1-7-6-10(19-8(7)2)12(16)15-11-9(13(17)18)4-3-5-14-11/h3-6H,1-2H3,(H,17,18)(H,14,15,16). The van der Waals surface area contributed by atoms with Crippen molar-refractivity contribution < 1.29 is 14.7 Å². The van der Waals surface area contributed by atoms with Gasteiger partial charge in [0.1, 0.15) is 11.4 Å². The molecule has 0 aliphatic carbocycles. The van der Waals surface area contributed by atoms with Crippen LogP contribution in [0.1, 0.15) is 30.5 Å². The molecular formula is C13H12N2O3S. The van der Waals surface area contributed by atoms with Gasteiger partial charge in [-0.05, 0) is 37.6 Å². The third-order valence-corrected chi connectivity index (χ3v) is 3.81. The molecule has 2 aromatic heterocycles. The van der Waals surface area contributed by atoms with Gasteiger partial charge in [0.2, 0.25) is 0 Å². The van der Waals surface area contributed by atoms with Gasteiger partial charge in [-0.1, -0.05) is 0 Å². The number of carbonyl (C=O) groups excluding carboxylic acids is 1. The van der Waals surface area contributed by atoms with Crippen LogP contribution in [-0.4, -0.2) is 22.0 Å². The fourth-order valence-electron chi connectivity index (χ4n) is 1.53. The topological polar surface area (TPSA) is 79.3 Å². The van der Waals surface area contributed by atoms with Crippen LogP contribution in [0.25, 0.3) is 0 Å². The van der Waals surface area contributed by atoms with Crippen LogP contribution in [0.2, 0.25) is 0 Å². The SMILES string of the molecule is Cc1cc(C(=O)Nc2ncccc2C(=O)O)sc1C. The lowest BCUT2D eigenvalue weighted by Gasteiger charge is -2.05. The maximum atomic E-state index is 12.0. The van der Waals surface area contributed by atoms with Crippen LogP contribution in [-0.2, 0) is 0 Å². The lowest BCUT2D eigenvalue weighted by Crippen LogP contribution is -2.14. The van der Waals surface area contributed by atoms with E-state index in [1.807, 2.05) is 13.8 Å². The van der Waals surface area contributed by atoms with Crippen molar-refractivity contribution in [2.24, 2.45) is 0 Å². The molecule has 0 aromatic carbocycles. The first-order valence-electron chi connectivity index (χ1n) is 5.55. The Morgan fingerprint density at radius 3 is 2.68 bits per heavy atom. The minimum Gasteiger partial charge on any atom is -0.478 e. The van der Waals surface area contributed by atoms with Crippen LogP contribution >= 0.6 is 11.3 Å². The Morgan fingerprint density at radius 1 is 1.37 bits per heavy atom. The van der Waals surface area contributed by atoms with Crippen LogP contribution < -0.4 is 5.32 Å². The third-order valence-electron chi connectivity index (χ3n) is 2.66. The summed E-state index contributed by atoms with van der Waals surface area (Å²) in [5.74, 6) is -1.41. The Balaban J connectivity index is 2.26. The van der Waals surface area contributed by atoms with Gasteiger partial charge >= 0.3 is 5.97 Å². The molecule has 0 fully saturated rings.